The maximum Gasteiger partial charge on any atom is 0.392 e. The molecule has 0 aromatic heterocycles. The third-order valence-corrected chi connectivity index (χ3v) is 6.05. The molecule has 0 bridgehead atoms. The van der Waals surface area contributed by atoms with Crippen molar-refractivity contribution in [3.8, 4) is 0 Å². The van der Waals surface area contributed by atoms with Gasteiger partial charge in [-0.1, -0.05) is 61.5 Å². The van der Waals surface area contributed by atoms with Crippen LogP contribution >= 0.6 is 0 Å². The SMILES string of the molecule is CCN(CCCc1ccc(C2CCC2C(F)(F)F)cc1)CCc1ccccc1. The van der Waals surface area contributed by atoms with Gasteiger partial charge in [-0.2, -0.15) is 13.2 Å². The molecule has 28 heavy (non-hydrogen) atoms. The number of rotatable bonds is 9. The average Bonchev–Trinajstić information content (AvgIpc) is 2.64. The van der Waals surface area contributed by atoms with Crippen molar-refractivity contribution >= 4 is 0 Å². The van der Waals surface area contributed by atoms with Crippen molar-refractivity contribution in [3.05, 3.63) is 71.3 Å². The van der Waals surface area contributed by atoms with Crippen LogP contribution in [0.5, 0.6) is 0 Å². The van der Waals surface area contributed by atoms with Crippen LogP contribution in [-0.2, 0) is 12.8 Å². The summed E-state index contributed by atoms with van der Waals surface area (Å²) in [5.74, 6) is -1.50. The molecule has 2 aromatic rings. The lowest BCUT2D eigenvalue weighted by Gasteiger charge is -2.38. The van der Waals surface area contributed by atoms with E-state index in [-0.39, 0.29) is 12.3 Å². The Morgan fingerprint density at radius 1 is 0.857 bits per heavy atom. The number of halogens is 3. The molecule has 0 N–H and O–H groups in total. The molecule has 4 heteroatoms. The van der Waals surface area contributed by atoms with E-state index in [1.54, 1.807) is 0 Å². The van der Waals surface area contributed by atoms with Crippen molar-refractivity contribution in [3.63, 3.8) is 0 Å². The Labute approximate surface area is 166 Å². The Morgan fingerprint density at radius 3 is 2.11 bits per heavy atom. The zero-order valence-corrected chi connectivity index (χ0v) is 16.6. The lowest BCUT2D eigenvalue weighted by molar-refractivity contribution is -0.200. The predicted octanol–water partition coefficient (Wildman–Crippen LogP) is 6.24. The van der Waals surface area contributed by atoms with E-state index in [0.29, 0.717) is 6.42 Å². The number of likely N-dealkylation sites (N-methyl/N-ethyl adjacent to an activating group) is 1. The molecule has 0 heterocycles. The zero-order chi connectivity index (χ0) is 20.0. The maximum atomic E-state index is 13.0. The summed E-state index contributed by atoms with van der Waals surface area (Å²) in [6, 6.07) is 18.4. The fraction of sp³-hybridized carbons (Fsp3) is 0.500. The van der Waals surface area contributed by atoms with Crippen LogP contribution in [0.25, 0.3) is 0 Å². The molecule has 0 aliphatic heterocycles. The van der Waals surface area contributed by atoms with Gasteiger partial charge in [0.05, 0.1) is 5.92 Å². The summed E-state index contributed by atoms with van der Waals surface area (Å²) in [6.45, 7) is 5.32. The molecule has 1 saturated carbocycles. The summed E-state index contributed by atoms with van der Waals surface area (Å²) in [5.41, 5.74) is 3.42. The van der Waals surface area contributed by atoms with Gasteiger partial charge >= 0.3 is 6.18 Å². The first-order valence-corrected chi connectivity index (χ1v) is 10.4. The van der Waals surface area contributed by atoms with Gasteiger partial charge in [-0.05, 0) is 67.8 Å². The van der Waals surface area contributed by atoms with Gasteiger partial charge in [-0.3, -0.25) is 0 Å². The second-order valence-electron chi connectivity index (χ2n) is 7.85. The van der Waals surface area contributed by atoms with E-state index in [2.05, 4.69) is 36.1 Å². The topological polar surface area (TPSA) is 3.24 Å². The number of hydrogen-bond acceptors (Lipinski definition) is 1. The van der Waals surface area contributed by atoms with Crippen LogP contribution in [0.1, 0.15) is 48.8 Å². The van der Waals surface area contributed by atoms with Crippen molar-refractivity contribution in [2.75, 3.05) is 19.6 Å². The molecular formula is C24H30F3N. The van der Waals surface area contributed by atoms with Crippen LogP contribution in [-0.4, -0.2) is 30.7 Å². The summed E-state index contributed by atoms with van der Waals surface area (Å²) < 4.78 is 38.9. The number of nitrogens with zero attached hydrogens (tertiary/aromatic N) is 1. The first-order valence-electron chi connectivity index (χ1n) is 10.4. The molecule has 2 unspecified atom stereocenters. The van der Waals surface area contributed by atoms with Gasteiger partial charge in [0.15, 0.2) is 0 Å². The summed E-state index contributed by atoms with van der Waals surface area (Å²) >= 11 is 0. The minimum atomic E-state index is -4.06. The highest BCUT2D eigenvalue weighted by Crippen LogP contribution is 2.50. The van der Waals surface area contributed by atoms with Gasteiger partial charge in [0.2, 0.25) is 0 Å². The average molecular weight is 390 g/mol. The Kier molecular flexibility index (Phi) is 7.17. The highest BCUT2D eigenvalue weighted by Gasteiger charge is 2.50. The van der Waals surface area contributed by atoms with Gasteiger partial charge < -0.3 is 4.90 Å². The summed E-state index contributed by atoms with van der Waals surface area (Å²) in [6.07, 6.45) is -0.0513. The van der Waals surface area contributed by atoms with Crippen LogP contribution in [0.15, 0.2) is 54.6 Å². The van der Waals surface area contributed by atoms with Gasteiger partial charge in [0, 0.05) is 6.54 Å². The maximum absolute atomic E-state index is 13.0. The van der Waals surface area contributed by atoms with Crippen LogP contribution in [0.2, 0.25) is 0 Å². The van der Waals surface area contributed by atoms with Crippen molar-refractivity contribution in [1.82, 2.24) is 4.90 Å². The molecule has 1 nitrogen and oxygen atoms in total. The number of benzene rings is 2. The van der Waals surface area contributed by atoms with E-state index < -0.39 is 12.1 Å². The molecule has 0 amide bonds. The first-order chi connectivity index (χ1) is 13.5. The zero-order valence-electron chi connectivity index (χ0n) is 16.6. The minimum absolute atomic E-state index is 0.270. The van der Waals surface area contributed by atoms with E-state index in [0.717, 1.165) is 44.5 Å². The molecule has 1 aliphatic carbocycles. The Morgan fingerprint density at radius 2 is 1.54 bits per heavy atom. The molecule has 0 spiro atoms. The summed E-state index contributed by atoms with van der Waals surface area (Å²) in [7, 11) is 0. The normalized spacial score (nSPS) is 19.6. The van der Waals surface area contributed by atoms with Gasteiger partial charge in [-0.25, -0.2) is 0 Å². The molecule has 1 fully saturated rings. The molecule has 0 saturated heterocycles. The van der Waals surface area contributed by atoms with Crippen molar-refractivity contribution < 1.29 is 13.2 Å². The Balaban J connectivity index is 1.43. The highest BCUT2D eigenvalue weighted by atomic mass is 19.4. The fourth-order valence-electron chi connectivity index (χ4n) is 4.09. The molecule has 1 aliphatic rings. The van der Waals surface area contributed by atoms with Gasteiger partial charge in [-0.15, -0.1) is 0 Å². The number of aryl methyl sites for hydroxylation is 1. The lowest BCUT2D eigenvalue weighted by Crippen LogP contribution is -2.36. The number of alkyl halides is 3. The third kappa shape index (κ3) is 5.60. The minimum Gasteiger partial charge on any atom is -0.303 e. The van der Waals surface area contributed by atoms with Crippen molar-refractivity contribution in [2.45, 2.75) is 51.1 Å². The molecule has 2 atom stereocenters. The van der Waals surface area contributed by atoms with Crippen molar-refractivity contribution in [1.29, 1.82) is 0 Å². The fourth-order valence-corrected chi connectivity index (χ4v) is 4.09. The van der Waals surface area contributed by atoms with Gasteiger partial charge in [0.1, 0.15) is 0 Å². The summed E-state index contributed by atoms with van der Waals surface area (Å²) in [4.78, 5) is 2.46. The van der Waals surface area contributed by atoms with Crippen LogP contribution < -0.4 is 0 Å². The quantitative estimate of drug-likeness (QED) is 0.491. The smallest absolute Gasteiger partial charge is 0.303 e. The monoisotopic (exact) mass is 389 g/mol. The first kappa shape index (κ1) is 20.9. The standard InChI is InChI=1S/C24H30F3N/c1-2-28(18-16-19-7-4-3-5-8-19)17-6-9-20-10-12-21(13-11-20)22-14-15-23(22)24(25,26)27/h3-5,7-8,10-13,22-23H,2,6,9,14-18H2,1H3. The lowest BCUT2D eigenvalue weighted by atomic mass is 9.69. The second-order valence-corrected chi connectivity index (χ2v) is 7.85. The highest BCUT2D eigenvalue weighted by molar-refractivity contribution is 5.28. The summed E-state index contributed by atoms with van der Waals surface area (Å²) in [5, 5.41) is 0. The van der Waals surface area contributed by atoms with E-state index in [9.17, 15) is 13.2 Å². The van der Waals surface area contributed by atoms with Crippen molar-refractivity contribution in [2.24, 2.45) is 5.92 Å². The van der Waals surface area contributed by atoms with Gasteiger partial charge in [0.25, 0.3) is 0 Å². The molecular weight excluding hydrogens is 359 g/mol. The van der Waals surface area contributed by atoms with E-state index in [4.69, 9.17) is 0 Å². The second kappa shape index (κ2) is 9.60. The third-order valence-electron chi connectivity index (χ3n) is 6.05. The Hall–Kier alpha value is -1.81. The van der Waals surface area contributed by atoms with E-state index in [1.807, 2.05) is 30.3 Å². The number of hydrogen-bond donors (Lipinski definition) is 0. The molecule has 152 valence electrons. The Bertz CT molecular complexity index is 709. The van der Waals surface area contributed by atoms with Crippen LogP contribution in [0.4, 0.5) is 13.2 Å². The molecule has 2 aromatic carbocycles. The predicted molar refractivity (Wildman–Crippen MR) is 109 cm³/mol. The molecule has 3 rings (SSSR count). The van der Waals surface area contributed by atoms with Crippen LogP contribution in [0, 0.1) is 5.92 Å². The van der Waals surface area contributed by atoms with E-state index >= 15 is 0 Å². The van der Waals surface area contributed by atoms with Crippen LogP contribution in [0.3, 0.4) is 0 Å². The largest absolute Gasteiger partial charge is 0.392 e. The van der Waals surface area contributed by atoms with E-state index in [1.165, 1.54) is 11.1 Å². The molecule has 0 radical (unpaired) electrons.